The van der Waals surface area contributed by atoms with E-state index in [1.165, 1.54) is 0 Å². The van der Waals surface area contributed by atoms with Crippen molar-refractivity contribution in [3.8, 4) is 17.0 Å². The molecule has 2 aromatic carbocycles. The van der Waals surface area contributed by atoms with Gasteiger partial charge in [0.15, 0.2) is 0 Å². The molecular weight excluding hydrogens is 406 g/mol. The number of hydrogen-bond donors (Lipinski definition) is 1. The summed E-state index contributed by atoms with van der Waals surface area (Å²) in [6.07, 6.45) is 0.731. The molecule has 31 heavy (non-hydrogen) atoms. The Labute approximate surface area is 185 Å². The minimum absolute atomic E-state index is 0.256. The molecule has 0 aliphatic carbocycles. The second-order valence-corrected chi connectivity index (χ2v) is 7.81. The van der Waals surface area contributed by atoms with Crippen molar-refractivity contribution in [3.63, 3.8) is 0 Å². The number of nitrogens with zero attached hydrogens (tertiary/aromatic N) is 2. The lowest BCUT2D eigenvalue weighted by molar-refractivity contribution is 0.0956. The summed E-state index contributed by atoms with van der Waals surface area (Å²) in [7, 11) is 0. The molecule has 1 amide bonds. The van der Waals surface area contributed by atoms with Crippen molar-refractivity contribution < 1.29 is 9.53 Å². The molecule has 0 bridgehead atoms. The van der Waals surface area contributed by atoms with Gasteiger partial charge in [-0.15, -0.1) is 11.3 Å². The van der Waals surface area contributed by atoms with E-state index in [2.05, 4.69) is 10.5 Å². The van der Waals surface area contributed by atoms with Crippen molar-refractivity contribution in [2.75, 3.05) is 6.61 Å². The zero-order valence-corrected chi connectivity index (χ0v) is 18.3. The minimum atomic E-state index is -0.256. The van der Waals surface area contributed by atoms with Gasteiger partial charge in [0.2, 0.25) is 0 Å². The first kappa shape index (κ1) is 20.8. The number of thiophene rings is 1. The average molecular weight is 430 g/mol. The zero-order valence-electron chi connectivity index (χ0n) is 17.5. The highest BCUT2D eigenvalue weighted by Crippen LogP contribution is 2.26. The second-order valence-electron chi connectivity index (χ2n) is 6.86. The van der Waals surface area contributed by atoms with E-state index in [0.29, 0.717) is 12.2 Å². The van der Waals surface area contributed by atoms with Crippen LogP contribution in [0.1, 0.15) is 35.5 Å². The van der Waals surface area contributed by atoms with Gasteiger partial charge in [-0.2, -0.15) is 5.10 Å². The summed E-state index contributed by atoms with van der Waals surface area (Å²) in [5.74, 6) is 0.549. The number of aromatic nitrogens is 1. The van der Waals surface area contributed by atoms with Crippen LogP contribution < -0.4 is 10.2 Å². The molecule has 1 N–H and O–H groups in total. The smallest absolute Gasteiger partial charge is 0.272 e. The van der Waals surface area contributed by atoms with E-state index in [9.17, 15) is 4.79 Å². The molecule has 0 aliphatic rings. The van der Waals surface area contributed by atoms with Gasteiger partial charge in [-0.1, -0.05) is 31.2 Å². The largest absolute Gasteiger partial charge is 0.494 e. The van der Waals surface area contributed by atoms with Crippen LogP contribution in [-0.4, -0.2) is 23.2 Å². The summed E-state index contributed by atoms with van der Waals surface area (Å²) in [6.45, 7) is 4.59. The molecule has 0 saturated heterocycles. The van der Waals surface area contributed by atoms with E-state index >= 15 is 0 Å². The first-order valence-electron chi connectivity index (χ1n) is 10.2. The number of carbonyl (C=O) groups excluding carboxylic acids is 1. The number of benzene rings is 2. The number of hydrogen-bond acceptors (Lipinski definition) is 5. The lowest BCUT2D eigenvalue weighted by Gasteiger charge is -2.10. The number of ether oxygens (including phenoxy) is 1. The summed E-state index contributed by atoms with van der Waals surface area (Å²) in [5, 5.41) is 7.19. The third-order valence-electron chi connectivity index (χ3n) is 4.85. The summed E-state index contributed by atoms with van der Waals surface area (Å²) in [6, 6.07) is 21.2. The third kappa shape index (κ3) is 4.64. The predicted octanol–water partition coefficient (Wildman–Crippen LogP) is 5.91. The van der Waals surface area contributed by atoms with Crippen LogP contribution in [0.4, 0.5) is 0 Å². The maximum absolute atomic E-state index is 13.1. The van der Waals surface area contributed by atoms with Gasteiger partial charge in [-0.05, 0) is 61.2 Å². The fourth-order valence-electron chi connectivity index (χ4n) is 3.33. The lowest BCUT2D eigenvalue weighted by Crippen LogP contribution is -2.20. The maximum atomic E-state index is 13.1. The van der Waals surface area contributed by atoms with E-state index in [-0.39, 0.29) is 5.91 Å². The highest BCUT2D eigenvalue weighted by molar-refractivity contribution is 7.12. The maximum Gasteiger partial charge on any atom is 0.272 e. The number of pyridine rings is 1. The molecule has 0 unspecified atom stereocenters. The quantitative estimate of drug-likeness (QED) is 0.294. The number of carbonyl (C=O) groups is 1. The molecule has 6 heteroatoms. The Morgan fingerprint density at radius 3 is 2.58 bits per heavy atom. The van der Waals surface area contributed by atoms with Gasteiger partial charge in [0.25, 0.3) is 5.91 Å². The molecule has 0 fully saturated rings. The Morgan fingerprint density at radius 2 is 1.87 bits per heavy atom. The molecule has 0 saturated carbocycles. The van der Waals surface area contributed by atoms with Crippen molar-refractivity contribution in [2.24, 2.45) is 5.10 Å². The average Bonchev–Trinajstić information content (AvgIpc) is 3.34. The van der Waals surface area contributed by atoms with Gasteiger partial charge in [-0.3, -0.25) is 4.79 Å². The van der Waals surface area contributed by atoms with Crippen molar-refractivity contribution in [1.82, 2.24) is 10.4 Å². The first-order chi connectivity index (χ1) is 15.2. The van der Waals surface area contributed by atoms with Crippen LogP contribution in [0.3, 0.4) is 0 Å². The predicted molar refractivity (Wildman–Crippen MR) is 127 cm³/mol. The topological polar surface area (TPSA) is 63.6 Å². The molecule has 2 heterocycles. The Kier molecular flexibility index (Phi) is 6.38. The van der Waals surface area contributed by atoms with Crippen LogP contribution >= 0.6 is 11.3 Å². The second kappa shape index (κ2) is 9.53. The number of hydrazone groups is 1. The summed E-state index contributed by atoms with van der Waals surface area (Å²) in [4.78, 5) is 18.9. The Balaban J connectivity index is 1.70. The normalized spacial score (nSPS) is 11.5. The standard InChI is InChI=1S/C25H23N3O2S/c1-3-21(24-10-7-15-31-24)27-28-25(29)20-16-23(26-22-9-6-5-8-19(20)22)17-11-13-18(14-12-17)30-4-2/h5-16H,3-4H2,1-2H3,(H,28,29)/b27-21-. The van der Waals surface area contributed by atoms with Crippen LogP contribution in [0.25, 0.3) is 22.2 Å². The summed E-state index contributed by atoms with van der Waals surface area (Å²) < 4.78 is 5.53. The monoisotopic (exact) mass is 429 g/mol. The van der Waals surface area contributed by atoms with E-state index in [0.717, 1.165) is 44.9 Å². The van der Waals surface area contributed by atoms with Gasteiger partial charge in [-0.25, -0.2) is 10.4 Å². The first-order valence-corrected chi connectivity index (χ1v) is 11.1. The van der Waals surface area contributed by atoms with E-state index < -0.39 is 0 Å². The Hall–Kier alpha value is -3.51. The molecule has 0 spiro atoms. The molecular formula is C25H23N3O2S. The fourth-order valence-corrected chi connectivity index (χ4v) is 4.12. The summed E-state index contributed by atoms with van der Waals surface area (Å²) in [5.41, 5.74) is 6.54. The van der Waals surface area contributed by atoms with Crippen molar-refractivity contribution >= 4 is 33.9 Å². The van der Waals surface area contributed by atoms with Gasteiger partial charge < -0.3 is 4.74 Å². The van der Waals surface area contributed by atoms with E-state index in [1.54, 1.807) is 11.3 Å². The van der Waals surface area contributed by atoms with Crippen molar-refractivity contribution in [3.05, 3.63) is 82.6 Å². The SMILES string of the molecule is CCOc1ccc(-c2cc(C(=O)N/N=C(/CC)c3cccs3)c3ccccc3n2)cc1. The van der Waals surface area contributed by atoms with E-state index in [4.69, 9.17) is 9.72 Å². The molecule has 0 atom stereocenters. The highest BCUT2D eigenvalue weighted by atomic mass is 32.1. The molecule has 0 radical (unpaired) electrons. The van der Waals surface area contributed by atoms with Crippen LogP contribution in [0.15, 0.2) is 77.2 Å². The third-order valence-corrected chi connectivity index (χ3v) is 5.77. The fraction of sp³-hybridized carbons (Fsp3) is 0.160. The number of nitrogens with one attached hydrogen (secondary N) is 1. The molecule has 0 aliphatic heterocycles. The Morgan fingerprint density at radius 1 is 1.06 bits per heavy atom. The van der Waals surface area contributed by atoms with Gasteiger partial charge in [0.1, 0.15) is 5.75 Å². The molecule has 156 valence electrons. The van der Waals surface area contributed by atoms with Crippen LogP contribution in [-0.2, 0) is 0 Å². The number of para-hydroxylation sites is 1. The molecule has 5 nitrogen and oxygen atoms in total. The zero-order chi connectivity index (χ0) is 21.6. The molecule has 2 aromatic heterocycles. The number of fused-ring (bicyclic) bond motifs is 1. The van der Waals surface area contributed by atoms with Crippen LogP contribution in [0.5, 0.6) is 5.75 Å². The lowest BCUT2D eigenvalue weighted by atomic mass is 10.0. The van der Waals surface area contributed by atoms with Gasteiger partial charge >= 0.3 is 0 Å². The van der Waals surface area contributed by atoms with Gasteiger partial charge in [0, 0.05) is 10.9 Å². The molecule has 4 aromatic rings. The van der Waals surface area contributed by atoms with Crippen molar-refractivity contribution in [2.45, 2.75) is 20.3 Å². The molecule has 4 rings (SSSR count). The van der Waals surface area contributed by atoms with Crippen LogP contribution in [0.2, 0.25) is 0 Å². The highest BCUT2D eigenvalue weighted by Gasteiger charge is 2.14. The Bertz CT molecular complexity index is 1220. The number of amides is 1. The van der Waals surface area contributed by atoms with Gasteiger partial charge in [0.05, 0.1) is 34.0 Å². The van der Waals surface area contributed by atoms with E-state index in [1.807, 2.05) is 86.0 Å². The minimum Gasteiger partial charge on any atom is -0.494 e. The number of rotatable bonds is 7. The van der Waals surface area contributed by atoms with Crippen LogP contribution in [0, 0.1) is 0 Å². The summed E-state index contributed by atoms with van der Waals surface area (Å²) >= 11 is 1.61. The van der Waals surface area contributed by atoms with Crippen molar-refractivity contribution in [1.29, 1.82) is 0 Å².